The van der Waals surface area contributed by atoms with E-state index in [0.29, 0.717) is 5.92 Å². The lowest BCUT2D eigenvalue weighted by molar-refractivity contribution is -0.132. The zero-order chi connectivity index (χ0) is 14.9. The molecular formula is C17H26N2O. The summed E-state index contributed by atoms with van der Waals surface area (Å²) in [6, 6.07) is 8.60. The number of carbonyl (C=O) groups excluding carboxylic acids is 1. The number of carbonyl (C=O) groups is 1. The van der Waals surface area contributed by atoms with Crippen LogP contribution in [0.15, 0.2) is 24.3 Å². The van der Waals surface area contributed by atoms with Crippen LogP contribution in [0.1, 0.15) is 51.4 Å². The van der Waals surface area contributed by atoms with Crippen molar-refractivity contribution in [3.8, 4) is 0 Å². The molecule has 4 unspecified atom stereocenters. The van der Waals surface area contributed by atoms with Crippen LogP contribution in [0.25, 0.3) is 0 Å². The lowest BCUT2D eigenvalue weighted by Gasteiger charge is -2.34. The van der Waals surface area contributed by atoms with Gasteiger partial charge in [0.25, 0.3) is 0 Å². The van der Waals surface area contributed by atoms with Gasteiger partial charge in [0.2, 0.25) is 5.91 Å². The summed E-state index contributed by atoms with van der Waals surface area (Å²) in [6.45, 7) is 10.6. The maximum absolute atomic E-state index is 12.5. The Kier molecular flexibility index (Phi) is 4.48. The summed E-state index contributed by atoms with van der Waals surface area (Å²) in [4.78, 5) is 14.5. The molecule has 0 saturated carbocycles. The fraction of sp³-hybridized carbons (Fsp3) is 0.588. The average molecular weight is 274 g/mol. The third kappa shape index (κ3) is 2.73. The van der Waals surface area contributed by atoms with E-state index < -0.39 is 0 Å². The summed E-state index contributed by atoms with van der Waals surface area (Å²) in [6.07, 6.45) is 1.09. The average Bonchev–Trinajstić information content (AvgIpc) is 2.74. The van der Waals surface area contributed by atoms with Crippen molar-refractivity contribution in [2.24, 2.45) is 5.92 Å². The molecule has 1 aromatic carbocycles. The molecule has 1 amide bonds. The predicted molar refractivity (Wildman–Crippen MR) is 82.3 cm³/mol. The van der Waals surface area contributed by atoms with E-state index in [1.165, 1.54) is 11.1 Å². The number of rotatable bonds is 4. The normalized spacial score (nSPS) is 25.9. The Balaban J connectivity index is 2.30. The largest absolute Gasteiger partial charge is 0.319 e. The molecule has 110 valence electrons. The van der Waals surface area contributed by atoms with Gasteiger partial charge in [-0.05, 0) is 32.3 Å². The summed E-state index contributed by atoms with van der Waals surface area (Å²) in [5.41, 5.74) is 2.41. The lowest BCUT2D eigenvalue weighted by atomic mass is 9.98. The first-order valence-electron chi connectivity index (χ1n) is 7.60. The van der Waals surface area contributed by atoms with E-state index in [9.17, 15) is 4.79 Å². The Morgan fingerprint density at radius 1 is 1.25 bits per heavy atom. The van der Waals surface area contributed by atoms with Gasteiger partial charge in [0.05, 0.1) is 6.04 Å². The van der Waals surface area contributed by atoms with E-state index in [1.807, 2.05) is 11.8 Å². The van der Waals surface area contributed by atoms with Gasteiger partial charge in [-0.1, -0.05) is 50.1 Å². The maximum Gasteiger partial charge on any atom is 0.241 e. The monoisotopic (exact) mass is 274 g/mol. The van der Waals surface area contributed by atoms with Crippen molar-refractivity contribution in [1.29, 1.82) is 0 Å². The van der Waals surface area contributed by atoms with Gasteiger partial charge in [-0.2, -0.15) is 0 Å². The number of amides is 1. The van der Waals surface area contributed by atoms with Crippen LogP contribution >= 0.6 is 0 Å². The summed E-state index contributed by atoms with van der Waals surface area (Å²) in [5.74, 6) is 0.711. The Hall–Kier alpha value is -1.35. The molecule has 3 heteroatoms. The zero-order valence-electron chi connectivity index (χ0n) is 13.2. The molecular weight excluding hydrogens is 248 g/mol. The molecule has 1 N–H and O–H groups in total. The van der Waals surface area contributed by atoms with Crippen molar-refractivity contribution < 1.29 is 4.79 Å². The quantitative estimate of drug-likeness (QED) is 0.914. The molecule has 20 heavy (non-hydrogen) atoms. The maximum atomic E-state index is 12.5. The van der Waals surface area contributed by atoms with E-state index in [2.05, 4.69) is 57.3 Å². The predicted octanol–water partition coefficient (Wildman–Crippen LogP) is 3.25. The number of aryl methyl sites for hydroxylation is 1. The van der Waals surface area contributed by atoms with Crippen molar-refractivity contribution in [3.05, 3.63) is 35.4 Å². The minimum Gasteiger partial charge on any atom is -0.319 e. The highest BCUT2D eigenvalue weighted by molar-refractivity contribution is 5.84. The first-order chi connectivity index (χ1) is 9.45. The van der Waals surface area contributed by atoms with E-state index in [0.717, 1.165) is 6.42 Å². The van der Waals surface area contributed by atoms with Crippen LogP contribution in [0.5, 0.6) is 0 Å². The third-order valence-corrected chi connectivity index (χ3v) is 4.61. The SMILES string of the molecule is CCC(C)C(C)N1C(=O)C(C)NC1c1ccc(C)cc1. The minimum absolute atomic E-state index is 0.00194. The van der Waals surface area contributed by atoms with Crippen LogP contribution in [0.2, 0.25) is 0 Å². The first-order valence-corrected chi connectivity index (χ1v) is 7.60. The van der Waals surface area contributed by atoms with Gasteiger partial charge < -0.3 is 4.90 Å². The number of nitrogens with zero attached hydrogens (tertiary/aromatic N) is 1. The molecule has 1 saturated heterocycles. The number of nitrogens with one attached hydrogen (secondary N) is 1. The molecule has 0 bridgehead atoms. The van der Waals surface area contributed by atoms with E-state index in [1.54, 1.807) is 0 Å². The van der Waals surface area contributed by atoms with Gasteiger partial charge in [0, 0.05) is 6.04 Å². The molecule has 1 heterocycles. The molecule has 3 nitrogen and oxygen atoms in total. The van der Waals surface area contributed by atoms with Crippen molar-refractivity contribution in [1.82, 2.24) is 10.2 Å². The van der Waals surface area contributed by atoms with Crippen LogP contribution in [-0.2, 0) is 4.79 Å². The number of hydrogen-bond donors (Lipinski definition) is 1. The molecule has 1 aromatic rings. The molecule has 4 atom stereocenters. The van der Waals surface area contributed by atoms with Crippen molar-refractivity contribution in [2.45, 2.75) is 59.3 Å². The molecule has 0 spiro atoms. The van der Waals surface area contributed by atoms with Crippen LogP contribution in [0.3, 0.4) is 0 Å². The standard InChI is InChI=1S/C17H26N2O/c1-6-12(3)14(5)19-16(18-13(4)17(19)20)15-9-7-11(2)8-10-15/h7-10,12-14,16,18H,6H2,1-5H3. The van der Waals surface area contributed by atoms with Gasteiger partial charge in [-0.15, -0.1) is 0 Å². The topological polar surface area (TPSA) is 32.3 Å². The van der Waals surface area contributed by atoms with Gasteiger partial charge in [-0.3, -0.25) is 10.1 Å². The molecule has 1 fully saturated rings. The van der Waals surface area contributed by atoms with Crippen molar-refractivity contribution in [3.63, 3.8) is 0 Å². The molecule has 0 aromatic heterocycles. The second-order valence-electron chi connectivity index (χ2n) is 6.07. The first kappa shape index (κ1) is 15.0. The minimum atomic E-state index is -0.104. The number of benzene rings is 1. The highest BCUT2D eigenvalue weighted by atomic mass is 16.2. The van der Waals surface area contributed by atoms with E-state index >= 15 is 0 Å². The van der Waals surface area contributed by atoms with E-state index in [4.69, 9.17) is 0 Å². The van der Waals surface area contributed by atoms with Crippen molar-refractivity contribution in [2.75, 3.05) is 0 Å². The van der Waals surface area contributed by atoms with E-state index in [-0.39, 0.29) is 24.2 Å². The van der Waals surface area contributed by atoms with Crippen LogP contribution < -0.4 is 5.32 Å². The smallest absolute Gasteiger partial charge is 0.241 e. The van der Waals surface area contributed by atoms with Gasteiger partial charge in [0.1, 0.15) is 6.17 Å². The highest BCUT2D eigenvalue weighted by Gasteiger charge is 2.40. The van der Waals surface area contributed by atoms with Gasteiger partial charge in [0.15, 0.2) is 0 Å². The zero-order valence-corrected chi connectivity index (χ0v) is 13.2. The Bertz CT molecular complexity index is 468. The highest BCUT2D eigenvalue weighted by Crippen LogP contribution is 2.30. The summed E-state index contributed by atoms with van der Waals surface area (Å²) < 4.78 is 0. The van der Waals surface area contributed by atoms with Crippen LogP contribution in [-0.4, -0.2) is 22.9 Å². The van der Waals surface area contributed by atoms with Crippen molar-refractivity contribution >= 4 is 5.91 Å². The molecule has 1 aliphatic rings. The summed E-state index contributed by atoms with van der Waals surface area (Å²) in [5, 5.41) is 3.43. The second-order valence-corrected chi connectivity index (χ2v) is 6.07. The van der Waals surface area contributed by atoms with Gasteiger partial charge >= 0.3 is 0 Å². The van der Waals surface area contributed by atoms with Gasteiger partial charge in [-0.25, -0.2) is 0 Å². The Morgan fingerprint density at radius 3 is 2.40 bits per heavy atom. The second kappa shape index (κ2) is 5.96. The fourth-order valence-corrected chi connectivity index (χ4v) is 2.80. The third-order valence-electron chi connectivity index (χ3n) is 4.61. The summed E-state index contributed by atoms with van der Waals surface area (Å²) in [7, 11) is 0. The number of hydrogen-bond acceptors (Lipinski definition) is 2. The Morgan fingerprint density at radius 2 is 1.85 bits per heavy atom. The Labute approximate surface area is 122 Å². The molecule has 0 radical (unpaired) electrons. The van der Waals surface area contributed by atoms with Crippen LogP contribution in [0, 0.1) is 12.8 Å². The summed E-state index contributed by atoms with van der Waals surface area (Å²) >= 11 is 0. The van der Waals surface area contributed by atoms with Crippen LogP contribution in [0.4, 0.5) is 0 Å². The lowest BCUT2D eigenvalue weighted by Crippen LogP contribution is -2.41. The fourth-order valence-electron chi connectivity index (χ4n) is 2.80. The molecule has 0 aliphatic carbocycles. The molecule has 2 rings (SSSR count). The molecule has 1 aliphatic heterocycles.